The zero-order chi connectivity index (χ0) is 14.3. The second-order valence-electron chi connectivity index (χ2n) is 5.92. The van der Waals surface area contributed by atoms with Gasteiger partial charge in [-0.15, -0.1) is 0 Å². The molecule has 0 radical (unpaired) electrons. The van der Waals surface area contributed by atoms with Crippen LogP contribution < -0.4 is 10.6 Å². The van der Waals surface area contributed by atoms with Crippen LogP contribution >= 0.6 is 0 Å². The predicted molar refractivity (Wildman–Crippen MR) is 82.9 cm³/mol. The van der Waals surface area contributed by atoms with Gasteiger partial charge >= 0.3 is 0 Å². The zero-order valence-corrected chi connectivity index (χ0v) is 12.0. The lowest BCUT2D eigenvalue weighted by atomic mass is 9.82. The van der Waals surface area contributed by atoms with Crippen LogP contribution in [-0.2, 0) is 0 Å². The van der Waals surface area contributed by atoms with Crippen molar-refractivity contribution in [1.82, 2.24) is 4.98 Å². The van der Waals surface area contributed by atoms with E-state index in [0.717, 1.165) is 41.5 Å². The summed E-state index contributed by atoms with van der Waals surface area (Å²) in [6.45, 7) is 2.96. The number of nitrogens with zero attached hydrogens (tertiary/aromatic N) is 2. The highest BCUT2D eigenvalue weighted by Crippen LogP contribution is 2.33. The third kappa shape index (κ3) is 2.31. The molecule has 1 aliphatic carbocycles. The molecular formula is C16H21N3O. The average molecular weight is 271 g/mol. The SMILES string of the molecule is Cc1cc2c(N(C)CC3CC(O)C3)ccc(N)c2cn1. The first kappa shape index (κ1) is 13.2. The molecule has 0 aliphatic heterocycles. The number of nitrogen functional groups attached to an aromatic ring is 1. The molecule has 1 aromatic heterocycles. The molecule has 0 atom stereocenters. The number of hydrogen-bond acceptors (Lipinski definition) is 4. The van der Waals surface area contributed by atoms with Gasteiger partial charge in [0, 0.05) is 47.6 Å². The van der Waals surface area contributed by atoms with Crippen LogP contribution in [0.25, 0.3) is 10.8 Å². The number of aliphatic hydroxyl groups is 1. The van der Waals surface area contributed by atoms with Gasteiger partial charge in [0.15, 0.2) is 0 Å². The molecule has 0 saturated heterocycles. The molecule has 0 unspecified atom stereocenters. The maximum absolute atomic E-state index is 9.40. The number of aromatic nitrogens is 1. The Bertz CT molecular complexity index is 635. The summed E-state index contributed by atoms with van der Waals surface area (Å²) < 4.78 is 0. The van der Waals surface area contributed by atoms with Gasteiger partial charge in [-0.2, -0.15) is 0 Å². The summed E-state index contributed by atoms with van der Waals surface area (Å²) in [7, 11) is 2.10. The first-order valence-corrected chi connectivity index (χ1v) is 7.08. The number of aryl methyl sites for hydroxylation is 1. The fourth-order valence-corrected chi connectivity index (χ4v) is 3.02. The smallest absolute Gasteiger partial charge is 0.0546 e. The molecule has 2 aromatic rings. The van der Waals surface area contributed by atoms with E-state index in [0.29, 0.717) is 5.92 Å². The van der Waals surface area contributed by atoms with Crippen molar-refractivity contribution in [3.8, 4) is 0 Å². The molecule has 0 amide bonds. The summed E-state index contributed by atoms with van der Waals surface area (Å²) in [5.41, 5.74) is 8.99. The lowest BCUT2D eigenvalue weighted by Crippen LogP contribution is -2.37. The van der Waals surface area contributed by atoms with Crippen LogP contribution in [0.5, 0.6) is 0 Å². The minimum absolute atomic E-state index is 0.0944. The van der Waals surface area contributed by atoms with Gasteiger partial charge in [-0.1, -0.05) is 0 Å². The Morgan fingerprint density at radius 1 is 1.35 bits per heavy atom. The molecule has 1 aliphatic rings. The highest BCUT2D eigenvalue weighted by atomic mass is 16.3. The molecule has 0 spiro atoms. The Labute approximate surface area is 119 Å². The van der Waals surface area contributed by atoms with Crippen LogP contribution in [0.4, 0.5) is 11.4 Å². The van der Waals surface area contributed by atoms with E-state index < -0.39 is 0 Å². The molecule has 4 nitrogen and oxygen atoms in total. The van der Waals surface area contributed by atoms with E-state index >= 15 is 0 Å². The lowest BCUT2D eigenvalue weighted by molar-refractivity contribution is 0.0465. The minimum Gasteiger partial charge on any atom is -0.398 e. The quantitative estimate of drug-likeness (QED) is 0.841. The number of nitrogens with two attached hydrogens (primary N) is 1. The van der Waals surface area contributed by atoms with Crippen LogP contribution in [0.1, 0.15) is 18.5 Å². The highest BCUT2D eigenvalue weighted by molar-refractivity contribution is 6.01. The van der Waals surface area contributed by atoms with Gasteiger partial charge in [0.2, 0.25) is 0 Å². The number of rotatable bonds is 3. The normalized spacial score (nSPS) is 21.8. The largest absolute Gasteiger partial charge is 0.398 e. The van der Waals surface area contributed by atoms with Gasteiger partial charge in [0.05, 0.1) is 6.10 Å². The molecule has 0 bridgehead atoms. The van der Waals surface area contributed by atoms with Crippen molar-refractivity contribution in [3.63, 3.8) is 0 Å². The van der Waals surface area contributed by atoms with Crippen molar-refractivity contribution >= 4 is 22.1 Å². The van der Waals surface area contributed by atoms with Gasteiger partial charge in [-0.3, -0.25) is 4.98 Å². The summed E-state index contributed by atoms with van der Waals surface area (Å²) in [6, 6.07) is 6.11. The minimum atomic E-state index is -0.0944. The van der Waals surface area contributed by atoms with Crippen molar-refractivity contribution < 1.29 is 5.11 Å². The fourth-order valence-electron chi connectivity index (χ4n) is 3.02. The monoisotopic (exact) mass is 271 g/mol. The van der Waals surface area contributed by atoms with Gasteiger partial charge in [-0.25, -0.2) is 0 Å². The Hall–Kier alpha value is -1.81. The molecular weight excluding hydrogens is 250 g/mol. The summed E-state index contributed by atoms with van der Waals surface area (Å²) in [6.07, 6.45) is 3.59. The van der Waals surface area contributed by atoms with Gasteiger partial charge in [0.25, 0.3) is 0 Å². The zero-order valence-electron chi connectivity index (χ0n) is 12.0. The summed E-state index contributed by atoms with van der Waals surface area (Å²) in [5, 5.41) is 11.6. The molecule has 1 saturated carbocycles. The second-order valence-corrected chi connectivity index (χ2v) is 5.92. The van der Waals surface area contributed by atoms with Gasteiger partial charge in [-0.05, 0) is 43.9 Å². The van der Waals surface area contributed by atoms with Crippen molar-refractivity contribution in [2.24, 2.45) is 5.92 Å². The maximum atomic E-state index is 9.40. The van der Waals surface area contributed by atoms with E-state index in [1.807, 2.05) is 19.2 Å². The number of fused-ring (bicyclic) bond motifs is 1. The van der Waals surface area contributed by atoms with E-state index in [2.05, 4.69) is 29.1 Å². The first-order chi connectivity index (χ1) is 9.54. The van der Waals surface area contributed by atoms with E-state index in [9.17, 15) is 5.11 Å². The number of hydrogen-bond donors (Lipinski definition) is 2. The van der Waals surface area contributed by atoms with Crippen LogP contribution in [-0.4, -0.2) is 29.8 Å². The Kier molecular flexibility index (Phi) is 3.26. The lowest BCUT2D eigenvalue weighted by Gasteiger charge is -2.35. The molecule has 20 heavy (non-hydrogen) atoms. The maximum Gasteiger partial charge on any atom is 0.0546 e. The molecule has 1 aromatic carbocycles. The summed E-state index contributed by atoms with van der Waals surface area (Å²) >= 11 is 0. The third-order valence-corrected chi connectivity index (χ3v) is 4.20. The molecule has 1 heterocycles. The fraction of sp³-hybridized carbons (Fsp3) is 0.438. The number of anilines is 2. The first-order valence-electron chi connectivity index (χ1n) is 7.08. The highest BCUT2D eigenvalue weighted by Gasteiger charge is 2.28. The Balaban J connectivity index is 1.94. The molecule has 1 fully saturated rings. The summed E-state index contributed by atoms with van der Waals surface area (Å²) in [4.78, 5) is 6.60. The number of benzene rings is 1. The van der Waals surface area contributed by atoms with Crippen LogP contribution in [0.15, 0.2) is 24.4 Å². The molecule has 3 N–H and O–H groups in total. The van der Waals surface area contributed by atoms with E-state index in [1.165, 1.54) is 5.69 Å². The van der Waals surface area contributed by atoms with Crippen LogP contribution in [0.3, 0.4) is 0 Å². The molecule has 4 heteroatoms. The summed E-state index contributed by atoms with van der Waals surface area (Å²) in [5.74, 6) is 0.588. The van der Waals surface area contributed by atoms with Crippen molar-refractivity contribution in [2.45, 2.75) is 25.9 Å². The van der Waals surface area contributed by atoms with Crippen molar-refractivity contribution in [1.29, 1.82) is 0 Å². The molecule has 3 rings (SSSR count). The number of aliphatic hydroxyl groups excluding tert-OH is 1. The Morgan fingerprint density at radius 3 is 2.80 bits per heavy atom. The van der Waals surface area contributed by atoms with Crippen LogP contribution in [0, 0.1) is 12.8 Å². The standard InChI is InChI=1S/C16H21N3O/c1-10-5-13-14(8-18-10)15(17)3-4-16(13)19(2)9-11-6-12(20)7-11/h3-5,8,11-12,20H,6-7,9,17H2,1-2H3. The van der Waals surface area contributed by atoms with Crippen molar-refractivity contribution in [2.75, 3.05) is 24.2 Å². The number of pyridine rings is 1. The average Bonchev–Trinajstić information content (AvgIpc) is 2.37. The third-order valence-electron chi connectivity index (χ3n) is 4.20. The van der Waals surface area contributed by atoms with Gasteiger partial charge < -0.3 is 15.7 Å². The van der Waals surface area contributed by atoms with E-state index in [-0.39, 0.29) is 6.10 Å². The van der Waals surface area contributed by atoms with Gasteiger partial charge in [0.1, 0.15) is 0 Å². The predicted octanol–water partition coefficient (Wildman–Crippen LogP) is 2.33. The molecule has 106 valence electrons. The Morgan fingerprint density at radius 2 is 2.10 bits per heavy atom. The van der Waals surface area contributed by atoms with E-state index in [4.69, 9.17) is 5.73 Å². The topological polar surface area (TPSA) is 62.4 Å². The van der Waals surface area contributed by atoms with E-state index in [1.54, 1.807) is 0 Å². The second kappa shape index (κ2) is 4.94. The van der Waals surface area contributed by atoms with Crippen molar-refractivity contribution in [3.05, 3.63) is 30.1 Å². The van der Waals surface area contributed by atoms with Crippen LogP contribution in [0.2, 0.25) is 0 Å².